The van der Waals surface area contributed by atoms with E-state index in [1.807, 2.05) is 140 Å². The van der Waals surface area contributed by atoms with Crippen LogP contribution in [0.25, 0.3) is 118 Å². The van der Waals surface area contributed by atoms with Crippen molar-refractivity contribution in [3.8, 4) is 69.0 Å². The fourth-order valence-electron chi connectivity index (χ4n) is 8.67. The number of benzene rings is 7. The van der Waals surface area contributed by atoms with Crippen molar-refractivity contribution in [3.05, 3.63) is 213 Å². The Labute approximate surface area is 383 Å². The first kappa shape index (κ1) is 39.1. The standard InChI is InChI=1S/C56H36N10O/c1-3-18-35(4-2)49-57-50(36-19-8-5-9-20-36)60-55(59-49)65-45-27-16-14-25-41(45)43-33-39(29-31-47(43)65)53-63-64-54(67-53)40-30-32-48-44(34-40)42-26-15-17-28-46(42)66(48)56-61-51(37-21-10-6-11-22-37)58-52(62-56)38-23-12-7-13-24-38/h3-34H,1-2H2/b35-18+. The summed E-state index contributed by atoms with van der Waals surface area (Å²) in [7, 11) is 0. The molecular formula is C56H36N10O. The third kappa shape index (κ3) is 6.86. The molecule has 67 heavy (non-hydrogen) atoms. The second-order valence-electron chi connectivity index (χ2n) is 15.8. The molecule has 0 aliphatic carbocycles. The molecule has 5 heterocycles. The van der Waals surface area contributed by atoms with Crippen LogP contribution in [0.3, 0.4) is 0 Å². The van der Waals surface area contributed by atoms with Crippen LogP contribution in [0.15, 0.2) is 212 Å². The molecule has 11 heteroatoms. The Bertz CT molecular complexity index is 3850. The molecular weight excluding hydrogens is 829 g/mol. The fraction of sp³-hybridized carbons (Fsp3) is 0. The summed E-state index contributed by atoms with van der Waals surface area (Å²) >= 11 is 0. The first-order valence-corrected chi connectivity index (χ1v) is 21.7. The van der Waals surface area contributed by atoms with Crippen molar-refractivity contribution in [2.45, 2.75) is 0 Å². The van der Waals surface area contributed by atoms with Crippen molar-refractivity contribution in [3.63, 3.8) is 0 Å². The first-order chi connectivity index (χ1) is 33.1. The van der Waals surface area contributed by atoms with Gasteiger partial charge in [-0.3, -0.25) is 9.13 Å². The van der Waals surface area contributed by atoms with E-state index in [1.165, 1.54) is 0 Å². The number of rotatable bonds is 10. The van der Waals surface area contributed by atoms with E-state index in [-0.39, 0.29) is 0 Å². The average molecular weight is 865 g/mol. The van der Waals surface area contributed by atoms with Gasteiger partial charge in [0.1, 0.15) is 0 Å². The maximum absolute atomic E-state index is 6.51. The van der Waals surface area contributed by atoms with Crippen molar-refractivity contribution in [1.82, 2.24) is 49.2 Å². The van der Waals surface area contributed by atoms with E-state index >= 15 is 0 Å². The van der Waals surface area contributed by atoms with Crippen molar-refractivity contribution < 1.29 is 4.42 Å². The summed E-state index contributed by atoms with van der Waals surface area (Å²) in [5.41, 5.74) is 8.67. The van der Waals surface area contributed by atoms with Crippen LogP contribution < -0.4 is 0 Å². The number of nitrogens with zero attached hydrogens (tertiary/aromatic N) is 10. The van der Waals surface area contributed by atoms with E-state index in [1.54, 1.807) is 12.2 Å². The van der Waals surface area contributed by atoms with E-state index < -0.39 is 0 Å². The fourth-order valence-corrected chi connectivity index (χ4v) is 8.67. The van der Waals surface area contributed by atoms with E-state index in [0.717, 1.165) is 77.0 Å². The predicted octanol–water partition coefficient (Wildman–Crippen LogP) is 12.7. The van der Waals surface area contributed by atoms with Crippen molar-refractivity contribution >= 4 is 49.2 Å². The van der Waals surface area contributed by atoms with Gasteiger partial charge in [0.25, 0.3) is 0 Å². The van der Waals surface area contributed by atoms with Crippen LogP contribution in [0, 0.1) is 0 Å². The summed E-state index contributed by atoms with van der Waals surface area (Å²) in [5.74, 6) is 3.98. The minimum Gasteiger partial charge on any atom is -0.416 e. The molecule has 0 aliphatic rings. The molecule has 0 amide bonds. The highest BCUT2D eigenvalue weighted by Crippen LogP contribution is 2.38. The smallest absolute Gasteiger partial charge is 0.248 e. The van der Waals surface area contributed by atoms with Crippen molar-refractivity contribution in [1.29, 1.82) is 0 Å². The third-order valence-electron chi connectivity index (χ3n) is 11.8. The number of hydrogen-bond acceptors (Lipinski definition) is 9. The normalized spacial score (nSPS) is 11.8. The first-order valence-electron chi connectivity index (χ1n) is 21.7. The van der Waals surface area contributed by atoms with Crippen molar-refractivity contribution in [2.24, 2.45) is 0 Å². The molecule has 0 spiro atoms. The molecule has 0 saturated heterocycles. The molecule has 0 fully saturated rings. The lowest BCUT2D eigenvalue weighted by molar-refractivity contribution is 0.585. The molecule has 7 aromatic carbocycles. The Kier molecular flexibility index (Phi) is 9.50. The van der Waals surface area contributed by atoms with Gasteiger partial charge in [-0.25, -0.2) is 9.97 Å². The molecule has 0 N–H and O–H groups in total. The highest BCUT2D eigenvalue weighted by molar-refractivity contribution is 6.11. The van der Waals surface area contributed by atoms with Gasteiger partial charge < -0.3 is 4.42 Å². The Balaban J connectivity index is 0.953. The summed E-state index contributed by atoms with van der Waals surface area (Å²) in [6, 6.07) is 58.6. The summed E-state index contributed by atoms with van der Waals surface area (Å²) < 4.78 is 10.7. The molecule has 316 valence electrons. The second-order valence-corrected chi connectivity index (χ2v) is 15.8. The van der Waals surface area contributed by atoms with Gasteiger partial charge in [-0.2, -0.15) is 19.9 Å². The summed E-state index contributed by atoms with van der Waals surface area (Å²) in [4.78, 5) is 29.9. The van der Waals surface area contributed by atoms with Gasteiger partial charge in [0, 0.05) is 54.9 Å². The monoisotopic (exact) mass is 864 g/mol. The highest BCUT2D eigenvalue weighted by atomic mass is 16.4. The maximum Gasteiger partial charge on any atom is 0.248 e. The van der Waals surface area contributed by atoms with Crippen LogP contribution in [0.4, 0.5) is 0 Å². The zero-order chi connectivity index (χ0) is 44.8. The average Bonchev–Trinajstić information content (AvgIpc) is 4.11. The van der Waals surface area contributed by atoms with E-state index in [4.69, 9.17) is 34.3 Å². The SMILES string of the molecule is C=C/C=C(\C=C)c1nc(-c2ccccc2)nc(-n2c3ccccc3c3cc(-c4nnc(-c5ccc6c(c5)c5ccccc5n6-c5nc(-c6ccccc6)nc(-c6ccccc6)n5)o4)ccc32)n1. The lowest BCUT2D eigenvalue weighted by atomic mass is 10.1. The van der Waals surface area contributed by atoms with E-state index in [0.29, 0.717) is 47.0 Å². The molecule has 12 aromatic rings. The lowest BCUT2D eigenvalue weighted by Crippen LogP contribution is -2.07. The number of aromatic nitrogens is 10. The number of allylic oxidation sites excluding steroid dienone is 4. The van der Waals surface area contributed by atoms with Gasteiger partial charge in [0.2, 0.25) is 23.7 Å². The molecule has 0 saturated carbocycles. The summed E-state index contributed by atoms with van der Waals surface area (Å²) in [6.07, 6.45) is 5.27. The van der Waals surface area contributed by atoms with Crippen LogP contribution in [0.5, 0.6) is 0 Å². The molecule has 0 bridgehead atoms. The van der Waals surface area contributed by atoms with Gasteiger partial charge in [0.05, 0.1) is 22.1 Å². The minimum atomic E-state index is 0.391. The van der Waals surface area contributed by atoms with Crippen LogP contribution >= 0.6 is 0 Å². The van der Waals surface area contributed by atoms with Gasteiger partial charge in [-0.15, -0.1) is 10.2 Å². The Morgan fingerprint density at radius 3 is 1.28 bits per heavy atom. The Hall–Kier alpha value is -9.48. The summed E-state index contributed by atoms with van der Waals surface area (Å²) in [5, 5.41) is 13.2. The quantitative estimate of drug-likeness (QED) is 0.123. The minimum absolute atomic E-state index is 0.391. The molecule has 0 atom stereocenters. The maximum atomic E-state index is 6.51. The van der Waals surface area contributed by atoms with Gasteiger partial charge in [-0.1, -0.05) is 159 Å². The molecule has 0 radical (unpaired) electrons. The van der Waals surface area contributed by atoms with E-state index in [9.17, 15) is 0 Å². The largest absolute Gasteiger partial charge is 0.416 e. The predicted molar refractivity (Wildman–Crippen MR) is 265 cm³/mol. The zero-order valence-corrected chi connectivity index (χ0v) is 35.8. The molecule has 0 unspecified atom stereocenters. The number of hydrogen-bond donors (Lipinski definition) is 0. The van der Waals surface area contributed by atoms with Gasteiger partial charge in [0.15, 0.2) is 23.3 Å². The van der Waals surface area contributed by atoms with Crippen LogP contribution in [0.2, 0.25) is 0 Å². The number of para-hydroxylation sites is 2. The van der Waals surface area contributed by atoms with Gasteiger partial charge >= 0.3 is 0 Å². The van der Waals surface area contributed by atoms with E-state index in [2.05, 4.69) is 75.0 Å². The molecule has 5 aromatic heterocycles. The molecule has 11 nitrogen and oxygen atoms in total. The highest BCUT2D eigenvalue weighted by Gasteiger charge is 2.22. The molecule has 0 aliphatic heterocycles. The number of fused-ring (bicyclic) bond motifs is 6. The van der Waals surface area contributed by atoms with Crippen LogP contribution in [-0.2, 0) is 0 Å². The van der Waals surface area contributed by atoms with Crippen LogP contribution in [0.1, 0.15) is 5.82 Å². The topological polar surface area (TPSA) is 126 Å². The lowest BCUT2D eigenvalue weighted by Gasteiger charge is -2.11. The van der Waals surface area contributed by atoms with Crippen LogP contribution in [-0.4, -0.2) is 49.2 Å². The van der Waals surface area contributed by atoms with Crippen molar-refractivity contribution in [2.75, 3.05) is 0 Å². The Morgan fingerprint density at radius 1 is 0.403 bits per heavy atom. The third-order valence-corrected chi connectivity index (χ3v) is 11.8. The summed E-state index contributed by atoms with van der Waals surface area (Å²) in [6.45, 7) is 7.91. The van der Waals surface area contributed by atoms with Gasteiger partial charge in [-0.05, 0) is 48.5 Å². The zero-order valence-electron chi connectivity index (χ0n) is 35.8. The second kappa shape index (κ2) is 16.3. The Morgan fingerprint density at radius 2 is 0.821 bits per heavy atom. The molecule has 12 rings (SSSR count).